The minimum atomic E-state index is -0.801. The second-order valence-electron chi connectivity index (χ2n) is 1.95. The van der Waals surface area contributed by atoms with Gasteiger partial charge in [0.1, 0.15) is 6.10 Å². The van der Waals surface area contributed by atoms with Crippen LogP contribution in [-0.4, -0.2) is 11.2 Å². The van der Waals surface area contributed by atoms with Crippen LogP contribution in [0.2, 0.25) is 0 Å². The molecule has 0 N–H and O–H groups in total. The molecule has 4 heteroatoms. The molecular formula is C7H7NO3. The minimum Gasteiger partial charge on any atom is -0.302 e. The zero-order valence-electron chi connectivity index (χ0n) is 5.71. The molecule has 4 nitrogen and oxygen atoms in total. The number of hydrogen-bond acceptors (Lipinski definition) is 3. The number of rotatable bonds is 2. The van der Waals surface area contributed by atoms with Gasteiger partial charge in [-0.3, -0.25) is 0 Å². The van der Waals surface area contributed by atoms with Crippen molar-refractivity contribution in [1.29, 1.82) is 0 Å². The first kappa shape index (κ1) is 7.53. The van der Waals surface area contributed by atoms with Gasteiger partial charge in [-0.15, -0.1) is 10.1 Å². The molecule has 1 rings (SSSR count). The van der Waals surface area contributed by atoms with E-state index in [1.807, 2.05) is 0 Å². The fraction of sp³-hybridized carbons (Fsp3) is 0.143. The maximum Gasteiger partial charge on any atom is 0.295 e. The Morgan fingerprint density at radius 2 is 1.73 bits per heavy atom. The van der Waals surface area contributed by atoms with Crippen LogP contribution in [-0.2, 0) is 4.84 Å². The van der Waals surface area contributed by atoms with E-state index in [4.69, 9.17) is 0 Å². The summed E-state index contributed by atoms with van der Waals surface area (Å²) in [4.78, 5) is 14.2. The van der Waals surface area contributed by atoms with Crippen LogP contribution in [0.3, 0.4) is 0 Å². The Morgan fingerprint density at radius 3 is 2.18 bits per heavy atom. The third-order valence-electron chi connectivity index (χ3n) is 1.14. The van der Waals surface area contributed by atoms with Crippen molar-refractivity contribution in [3.8, 4) is 0 Å². The van der Waals surface area contributed by atoms with Crippen molar-refractivity contribution in [2.75, 3.05) is 0 Å². The van der Waals surface area contributed by atoms with Gasteiger partial charge in [-0.25, -0.2) is 0 Å². The normalized spacial score (nSPS) is 16.4. The summed E-state index contributed by atoms with van der Waals surface area (Å²) < 4.78 is 0. The molecule has 58 valence electrons. The van der Waals surface area contributed by atoms with Crippen LogP contribution in [0.5, 0.6) is 0 Å². The fourth-order valence-corrected chi connectivity index (χ4v) is 0.709. The summed E-state index contributed by atoms with van der Waals surface area (Å²) in [6.07, 6.45) is 9.60. The van der Waals surface area contributed by atoms with Crippen molar-refractivity contribution in [2.24, 2.45) is 0 Å². The molecule has 1 aliphatic carbocycles. The third kappa shape index (κ3) is 2.66. The van der Waals surface area contributed by atoms with Gasteiger partial charge in [0, 0.05) is 0 Å². The van der Waals surface area contributed by atoms with E-state index in [-0.39, 0.29) is 0 Å². The molecule has 0 bridgehead atoms. The van der Waals surface area contributed by atoms with Crippen molar-refractivity contribution in [1.82, 2.24) is 0 Å². The van der Waals surface area contributed by atoms with Crippen molar-refractivity contribution in [3.63, 3.8) is 0 Å². The van der Waals surface area contributed by atoms with Crippen LogP contribution in [0.1, 0.15) is 0 Å². The molecular weight excluding hydrogens is 146 g/mol. The lowest BCUT2D eigenvalue weighted by Gasteiger charge is -2.01. The van der Waals surface area contributed by atoms with E-state index in [0.29, 0.717) is 0 Å². The third-order valence-corrected chi connectivity index (χ3v) is 1.14. The van der Waals surface area contributed by atoms with E-state index in [1.165, 1.54) is 0 Å². The number of hydrogen-bond donors (Lipinski definition) is 0. The maximum absolute atomic E-state index is 9.87. The molecule has 0 fully saturated rings. The highest BCUT2D eigenvalue weighted by Crippen LogP contribution is 2.01. The molecule has 0 aromatic rings. The molecule has 1 aliphatic rings. The Bertz CT molecular complexity index is 214. The van der Waals surface area contributed by atoms with Gasteiger partial charge in [-0.2, -0.15) is 0 Å². The quantitative estimate of drug-likeness (QED) is 0.443. The summed E-state index contributed by atoms with van der Waals surface area (Å²) >= 11 is 0. The highest BCUT2D eigenvalue weighted by molar-refractivity contribution is 5.20. The summed E-state index contributed by atoms with van der Waals surface area (Å²) in [5, 5.41) is 9.07. The Morgan fingerprint density at radius 1 is 1.18 bits per heavy atom. The maximum atomic E-state index is 9.87. The van der Waals surface area contributed by atoms with Crippen molar-refractivity contribution in [3.05, 3.63) is 46.6 Å². The average molecular weight is 153 g/mol. The lowest BCUT2D eigenvalue weighted by Crippen LogP contribution is -2.11. The summed E-state index contributed by atoms with van der Waals surface area (Å²) in [5.74, 6) is 0. The van der Waals surface area contributed by atoms with Gasteiger partial charge < -0.3 is 4.84 Å². The second-order valence-corrected chi connectivity index (χ2v) is 1.95. The first-order valence-corrected chi connectivity index (χ1v) is 3.12. The number of nitrogens with zero attached hydrogens (tertiary/aromatic N) is 1. The van der Waals surface area contributed by atoms with Crippen molar-refractivity contribution >= 4 is 0 Å². The predicted molar refractivity (Wildman–Crippen MR) is 39.3 cm³/mol. The van der Waals surface area contributed by atoms with Crippen LogP contribution in [0.25, 0.3) is 0 Å². The Kier molecular flexibility index (Phi) is 2.43. The molecule has 0 aromatic carbocycles. The Hall–Kier alpha value is -1.58. The molecule has 0 aromatic heterocycles. The first-order chi connectivity index (χ1) is 5.29. The molecule has 0 saturated heterocycles. The van der Waals surface area contributed by atoms with Gasteiger partial charge in [-0.05, 0) is 0 Å². The fourth-order valence-electron chi connectivity index (χ4n) is 0.709. The van der Waals surface area contributed by atoms with Gasteiger partial charge in [0.05, 0.1) is 0 Å². The summed E-state index contributed by atoms with van der Waals surface area (Å²) in [6, 6.07) is 0. The first-order valence-electron chi connectivity index (χ1n) is 3.12. The highest BCUT2D eigenvalue weighted by Gasteiger charge is 2.04. The molecule has 0 radical (unpaired) electrons. The van der Waals surface area contributed by atoms with Crippen LogP contribution < -0.4 is 0 Å². The van der Waals surface area contributed by atoms with Crippen LogP contribution >= 0.6 is 0 Å². The van der Waals surface area contributed by atoms with Gasteiger partial charge >= 0.3 is 0 Å². The van der Waals surface area contributed by atoms with E-state index in [1.54, 1.807) is 36.5 Å². The van der Waals surface area contributed by atoms with Gasteiger partial charge in [0.15, 0.2) is 0 Å². The standard InChI is InChI=1S/C7H7NO3/c9-8(10)11-7-5-3-1-2-4-6-7/h1-7H. The lowest BCUT2D eigenvalue weighted by atomic mass is 10.3. The molecule has 0 amide bonds. The molecule has 11 heavy (non-hydrogen) atoms. The average Bonchev–Trinajstić information content (AvgIpc) is 2.14. The van der Waals surface area contributed by atoms with Gasteiger partial charge in [-0.1, -0.05) is 36.5 Å². The molecule has 0 spiro atoms. The van der Waals surface area contributed by atoms with Crippen molar-refractivity contribution < 1.29 is 9.92 Å². The van der Waals surface area contributed by atoms with Gasteiger partial charge in [0.2, 0.25) is 0 Å². The van der Waals surface area contributed by atoms with Crippen molar-refractivity contribution in [2.45, 2.75) is 6.10 Å². The van der Waals surface area contributed by atoms with Crippen LogP contribution in [0.15, 0.2) is 36.5 Å². The van der Waals surface area contributed by atoms with E-state index < -0.39 is 11.2 Å². The van der Waals surface area contributed by atoms with Crippen LogP contribution in [0, 0.1) is 10.1 Å². The summed E-state index contributed by atoms with van der Waals surface area (Å²) in [7, 11) is 0. The van der Waals surface area contributed by atoms with E-state index in [2.05, 4.69) is 4.84 Å². The van der Waals surface area contributed by atoms with E-state index >= 15 is 0 Å². The smallest absolute Gasteiger partial charge is 0.295 e. The molecule has 0 atom stereocenters. The summed E-state index contributed by atoms with van der Waals surface area (Å²) in [5.41, 5.74) is 0. The molecule has 0 heterocycles. The Balaban J connectivity index is 2.53. The van der Waals surface area contributed by atoms with Gasteiger partial charge in [0.25, 0.3) is 5.09 Å². The minimum absolute atomic E-state index is 0.556. The SMILES string of the molecule is O=[N+]([O-])OC1C=CC=CC=C1. The summed E-state index contributed by atoms with van der Waals surface area (Å²) in [6.45, 7) is 0. The molecule has 0 unspecified atom stereocenters. The molecule has 0 saturated carbocycles. The second kappa shape index (κ2) is 3.55. The lowest BCUT2D eigenvalue weighted by molar-refractivity contribution is -0.762. The zero-order chi connectivity index (χ0) is 8.10. The van der Waals surface area contributed by atoms with E-state index in [0.717, 1.165) is 0 Å². The Labute approximate surface area is 63.6 Å². The monoisotopic (exact) mass is 153 g/mol. The largest absolute Gasteiger partial charge is 0.302 e. The predicted octanol–water partition coefficient (Wildman–Crippen LogP) is 1.25. The van der Waals surface area contributed by atoms with Crippen LogP contribution in [0.4, 0.5) is 0 Å². The highest BCUT2D eigenvalue weighted by atomic mass is 17.0. The number of allylic oxidation sites excluding steroid dienone is 4. The topological polar surface area (TPSA) is 52.4 Å². The zero-order valence-corrected chi connectivity index (χ0v) is 5.71. The molecule has 0 aliphatic heterocycles. The van der Waals surface area contributed by atoms with E-state index in [9.17, 15) is 10.1 Å².